The van der Waals surface area contributed by atoms with Gasteiger partial charge >= 0.3 is 0 Å². The van der Waals surface area contributed by atoms with Gasteiger partial charge in [-0.05, 0) is 36.5 Å². The van der Waals surface area contributed by atoms with Gasteiger partial charge in [0.1, 0.15) is 12.1 Å². The van der Waals surface area contributed by atoms with Crippen LogP contribution in [-0.2, 0) is 0 Å². The lowest BCUT2D eigenvalue weighted by atomic mass is 9.89. The minimum absolute atomic E-state index is 0.588. The minimum atomic E-state index is 0.588. The number of fused-ring (bicyclic) bond motifs is 1. The fourth-order valence-electron chi connectivity index (χ4n) is 3.80. The quantitative estimate of drug-likeness (QED) is 0.714. The Bertz CT molecular complexity index is 918. The molecule has 1 fully saturated rings. The Morgan fingerprint density at radius 2 is 1.89 bits per heavy atom. The van der Waals surface area contributed by atoms with Crippen molar-refractivity contribution in [2.75, 3.05) is 26.1 Å². The second kappa shape index (κ2) is 7.82. The van der Waals surface area contributed by atoms with Gasteiger partial charge in [-0.15, -0.1) is 0 Å². The van der Waals surface area contributed by atoms with Gasteiger partial charge < -0.3 is 14.8 Å². The van der Waals surface area contributed by atoms with Gasteiger partial charge in [-0.25, -0.2) is 4.98 Å². The van der Waals surface area contributed by atoms with Gasteiger partial charge in [0.15, 0.2) is 11.5 Å². The Labute approximate surface area is 158 Å². The molecule has 4 rings (SSSR count). The molecule has 3 aromatic rings. The average molecular weight is 367 g/mol. The summed E-state index contributed by atoms with van der Waals surface area (Å²) in [6.45, 7) is 0.930. The Hall–Kier alpha value is -2.83. The Kier molecular flexibility index (Phi) is 5.09. The Balaban J connectivity index is 1.71. The fourth-order valence-corrected chi connectivity index (χ4v) is 3.80. The SMILES string of the molecule is COc1ccc(-c2cnc3ncnn3c2NCC2CCCCC2)cc1OC. The van der Waals surface area contributed by atoms with Crippen LogP contribution in [0.15, 0.2) is 30.7 Å². The van der Waals surface area contributed by atoms with E-state index in [2.05, 4.69) is 20.4 Å². The third-order valence-corrected chi connectivity index (χ3v) is 5.28. The summed E-state index contributed by atoms with van der Waals surface area (Å²) in [5.41, 5.74) is 1.95. The van der Waals surface area contributed by atoms with Crippen LogP contribution in [0.1, 0.15) is 32.1 Å². The minimum Gasteiger partial charge on any atom is -0.493 e. The standard InChI is InChI=1S/C20H25N5O2/c1-26-17-9-8-15(10-18(17)27-2)16-12-22-20-23-13-24-25(20)19(16)21-11-14-6-4-3-5-7-14/h8-10,12-14,21H,3-7,11H2,1-2H3. The molecule has 1 saturated carbocycles. The van der Waals surface area contributed by atoms with Gasteiger partial charge in [-0.1, -0.05) is 25.3 Å². The maximum Gasteiger partial charge on any atom is 0.254 e. The summed E-state index contributed by atoms with van der Waals surface area (Å²) in [6, 6.07) is 5.88. The van der Waals surface area contributed by atoms with Crippen molar-refractivity contribution in [1.29, 1.82) is 0 Å². The third-order valence-electron chi connectivity index (χ3n) is 5.28. The Morgan fingerprint density at radius 1 is 1.07 bits per heavy atom. The molecule has 7 nitrogen and oxygen atoms in total. The van der Waals surface area contributed by atoms with Crippen LogP contribution in [0.5, 0.6) is 11.5 Å². The highest BCUT2D eigenvalue weighted by Crippen LogP contribution is 2.35. The molecule has 1 aliphatic carbocycles. The Morgan fingerprint density at radius 3 is 2.67 bits per heavy atom. The first kappa shape index (κ1) is 17.6. The fraction of sp³-hybridized carbons (Fsp3) is 0.450. The molecular formula is C20H25N5O2. The number of methoxy groups -OCH3 is 2. The molecule has 2 heterocycles. The molecule has 2 aromatic heterocycles. The zero-order chi connectivity index (χ0) is 18.6. The summed E-state index contributed by atoms with van der Waals surface area (Å²) in [7, 11) is 3.28. The van der Waals surface area contributed by atoms with Gasteiger partial charge in [0.2, 0.25) is 0 Å². The molecule has 0 saturated heterocycles. The van der Waals surface area contributed by atoms with Crippen LogP contribution >= 0.6 is 0 Å². The van der Waals surface area contributed by atoms with E-state index in [-0.39, 0.29) is 0 Å². The van der Waals surface area contributed by atoms with Crippen LogP contribution in [0.4, 0.5) is 5.82 Å². The van der Waals surface area contributed by atoms with Crippen molar-refractivity contribution in [3.05, 3.63) is 30.7 Å². The first-order valence-electron chi connectivity index (χ1n) is 9.45. The van der Waals surface area contributed by atoms with E-state index in [1.807, 2.05) is 24.4 Å². The van der Waals surface area contributed by atoms with Gasteiger partial charge in [-0.2, -0.15) is 14.6 Å². The molecular weight excluding hydrogens is 342 g/mol. The summed E-state index contributed by atoms with van der Waals surface area (Å²) in [5, 5.41) is 7.99. The zero-order valence-electron chi connectivity index (χ0n) is 15.8. The molecule has 1 N–H and O–H groups in total. The van der Waals surface area contributed by atoms with Crippen molar-refractivity contribution < 1.29 is 9.47 Å². The van der Waals surface area contributed by atoms with Gasteiger partial charge in [0.25, 0.3) is 5.78 Å². The van der Waals surface area contributed by atoms with Crippen LogP contribution in [0.2, 0.25) is 0 Å². The predicted octanol–water partition coefficient (Wildman–Crippen LogP) is 3.80. The van der Waals surface area contributed by atoms with E-state index < -0.39 is 0 Å². The smallest absolute Gasteiger partial charge is 0.254 e. The molecule has 0 aliphatic heterocycles. The van der Waals surface area contributed by atoms with Crippen LogP contribution < -0.4 is 14.8 Å². The number of aromatic nitrogens is 4. The second-order valence-corrected chi connectivity index (χ2v) is 6.95. The number of rotatable bonds is 6. The molecule has 1 aliphatic rings. The summed E-state index contributed by atoms with van der Waals surface area (Å²) in [6.07, 6.45) is 9.94. The normalized spacial score (nSPS) is 15.0. The van der Waals surface area contributed by atoms with Crippen LogP contribution in [-0.4, -0.2) is 40.3 Å². The molecule has 1 aromatic carbocycles. The highest BCUT2D eigenvalue weighted by molar-refractivity contribution is 5.77. The molecule has 0 spiro atoms. The third kappa shape index (κ3) is 3.54. The molecule has 142 valence electrons. The van der Waals surface area contributed by atoms with E-state index in [4.69, 9.17) is 9.47 Å². The van der Waals surface area contributed by atoms with E-state index in [0.29, 0.717) is 23.2 Å². The van der Waals surface area contributed by atoms with Crippen LogP contribution in [0.25, 0.3) is 16.9 Å². The van der Waals surface area contributed by atoms with E-state index in [1.54, 1.807) is 18.7 Å². The molecule has 0 unspecified atom stereocenters. The van der Waals surface area contributed by atoms with Crippen molar-refractivity contribution in [2.24, 2.45) is 5.92 Å². The second-order valence-electron chi connectivity index (χ2n) is 6.95. The van der Waals surface area contributed by atoms with Gasteiger partial charge in [0.05, 0.1) is 14.2 Å². The summed E-state index contributed by atoms with van der Waals surface area (Å²) in [5.74, 6) is 3.59. The average Bonchev–Trinajstić information content (AvgIpc) is 3.21. The first-order valence-corrected chi connectivity index (χ1v) is 9.45. The number of nitrogens with one attached hydrogen (secondary N) is 1. The van der Waals surface area contributed by atoms with Crippen LogP contribution in [0, 0.1) is 5.92 Å². The number of hydrogen-bond donors (Lipinski definition) is 1. The van der Waals surface area contributed by atoms with Crippen LogP contribution in [0.3, 0.4) is 0 Å². The number of anilines is 1. The highest BCUT2D eigenvalue weighted by Gasteiger charge is 2.18. The highest BCUT2D eigenvalue weighted by atomic mass is 16.5. The van der Waals surface area contributed by atoms with E-state index >= 15 is 0 Å². The van der Waals surface area contributed by atoms with E-state index in [9.17, 15) is 0 Å². The lowest BCUT2D eigenvalue weighted by Crippen LogP contribution is -2.19. The first-order chi connectivity index (χ1) is 13.3. The number of ether oxygens (including phenoxy) is 2. The van der Waals surface area contributed by atoms with Crippen molar-refractivity contribution >= 4 is 11.6 Å². The summed E-state index contributed by atoms with van der Waals surface area (Å²) in [4.78, 5) is 8.67. The molecule has 0 bridgehead atoms. The van der Waals surface area contributed by atoms with Crippen molar-refractivity contribution in [3.63, 3.8) is 0 Å². The van der Waals surface area contributed by atoms with E-state index in [0.717, 1.165) is 23.5 Å². The lowest BCUT2D eigenvalue weighted by Gasteiger charge is -2.23. The van der Waals surface area contributed by atoms with Crippen molar-refractivity contribution in [3.8, 4) is 22.6 Å². The number of benzene rings is 1. The zero-order valence-corrected chi connectivity index (χ0v) is 15.8. The maximum absolute atomic E-state index is 5.47. The lowest BCUT2D eigenvalue weighted by molar-refractivity contribution is 0.355. The molecule has 0 amide bonds. The van der Waals surface area contributed by atoms with Crippen molar-refractivity contribution in [1.82, 2.24) is 19.6 Å². The molecule has 0 atom stereocenters. The van der Waals surface area contributed by atoms with Gasteiger partial charge in [-0.3, -0.25) is 0 Å². The van der Waals surface area contributed by atoms with Crippen molar-refractivity contribution in [2.45, 2.75) is 32.1 Å². The largest absolute Gasteiger partial charge is 0.493 e. The monoisotopic (exact) mass is 367 g/mol. The molecule has 7 heteroatoms. The number of nitrogens with zero attached hydrogens (tertiary/aromatic N) is 4. The van der Waals surface area contributed by atoms with E-state index in [1.165, 1.54) is 38.4 Å². The predicted molar refractivity (Wildman–Crippen MR) is 104 cm³/mol. The molecule has 27 heavy (non-hydrogen) atoms. The topological polar surface area (TPSA) is 73.6 Å². The number of hydrogen-bond acceptors (Lipinski definition) is 6. The maximum atomic E-state index is 5.47. The summed E-state index contributed by atoms with van der Waals surface area (Å²) >= 11 is 0. The molecule has 0 radical (unpaired) electrons. The van der Waals surface area contributed by atoms with Gasteiger partial charge in [0, 0.05) is 18.3 Å². The summed E-state index contributed by atoms with van der Waals surface area (Å²) < 4.78 is 12.6.